The number of carbonyl (C=O) groups excluding carboxylic acids is 3. The molecule has 1 aliphatic rings. The molecule has 0 aliphatic carbocycles. The van der Waals surface area contributed by atoms with Gasteiger partial charge in [0, 0.05) is 29.0 Å². The third kappa shape index (κ3) is 4.99. The number of halogens is 1. The smallest absolute Gasteiger partial charge is 0.340 e. The molecule has 0 radical (unpaired) electrons. The molecule has 0 aromatic heterocycles. The van der Waals surface area contributed by atoms with E-state index in [-0.39, 0.29) is 23.3 Å². The second kappa shape index (κ2) is 9.75. The van der Waals surface area contributed by atoms with E-state index in [0.29, 0.717) is 42.9 Å². The van der Waals surface area contributed by atoms with Crippen LogP contribution in [0.15, 0.2) is 46.9 Å². The molecular formula is C22H23BrN2O5. The number of piperidine rings is 1. The third-order valence-corrected chi connectivity index (χ3v) is 5.66. The van der Waals surface area contributed by atoms with Gasteiger partial charge in [0.15, 0.2) is 0 Å². The fourth-order valence-electron chi connectivity index (χ4n) is 3.39. The van der Waals surface area contributed by atoms with Crippen LogP contribution in [0.3, 0.4) is 0 Å². The van der Waals surface area contributed by atoms with Crippen molar-refractivity contribution >= 4 is 39.4 Å². The summed E-state index contributed by atoms with van der Waals surface area (Å²) in [4.78, 5) is 39.2. The molecule has 1 aliphatic heterocycles. The molecule has 158 valence electrons. The highest BCUT2D eigenvalue weighted by molar-refractivity contribution is 9.10. The van der Waals surface area contributed by atoms with E-state index >= 15 is 0 Å². The van der Waals surface area contributed by atoms with Crippen LogP contribution in [0.2, 0.25) is 0 Å². The summed E-state index contributed by atoms with van der Waals surface area (Å²) in [5.74, 6) is -0.524. The number of esters is 1. The zero-order valence-corrected chi connectivity index (χ0v) is 18.4. The van der Waals surface area contributed by atoms with Gasteiger partial charge in [-0.1, -0.05) is 15.9 Å². The van der Waals surface area contributed by atoms with Gasteiger partial charge in [-0.2, -0.15) is 0 Å². The maximum atomic E-state index is 12.8. The number of hydrogen-bond acceptors (Lipinski definition) is 5. The van der Waals surface area contributed by atoms with E-state index in [2.05, 4.69) is 21.2 Å². The number of benzene rings is 2. The van der Waals surface area contributed by atoms with E-state index < -0.39 is 5.97 Å². The molecule has 8 heteroatoms. The number of rotatable bonds is 5. The molecule has 0 saturated carbocycles. The Hall–Kier alpha value is -2.87. The minimum Gasteiger partial charge on any atom is -0.497 e. The largest absolute Gasteiger partial charge is 0.497 e. The number of nitrogens with one attached hydrogen (secondary N) is 1. The third-order valence-electron chi connectivity index (χ3n) is 5.13. The fourth-order valence-corrected chi connectivity index (χ4v) is 3.66. The van der Waals surface area contributed by atoms with Crippen LogP contribution in [0.1, 0.15) is 33.6 Å². The van der Waals surface area contributed by atoms with E-state index in [1.54, 1.807) is 29.2 Å². The number of methoxy groups -OCH3 is 2. The van der Waals surface area contributed by atoms with Crippen molar-refractivity contribution in [3.8, 4) is 5.75 Å². The van der Waals surface area contributed by atoms with E-state index in [1.807, 2.05) is 12.1 Å². The Morgan fingerprint density at radius 3 is 2.30 bits per heavy atom. The van der Waals surface area contributed by atoms with Crippen LogP contribution < -0.4 is 10.1 Å². The number of likely N-dealkylation sites (tertiary alicyclic amines) is 1. The highest BCUT2D eigenvalue weighted by Crippen LogP contribution is 2.26. The molecule has 0 unspecified atom stereocenters. The average Bonchev–Trinajstić information content (AvgIpc) is 2.79. The highest BCUT2D eigenvalue weighted by Gasteiger charge is 2.28. The van der Waals surface area contributed by atoms with Crippen molar-refractivity contribution in [2.45, 2.75) is 12.8 Å². The van der Waals surface area contributed by atoms with E-state index in [0.717, 1.165) is 4.47 Å². The summed E-state index contributed by atoms with van der Waals surface area (Å²) in [5.41, 5.74) is 1.23. The lowest BCUT2D eigenvalue weighted by Gasteiger charge is -2.31. The number of carbonyl (C=O) groups is 3. The number of hydrogen-bond donors (Lipinski definition) is 1. The molecule has 0 atom stereocenters. The molecule has 1 fully saturated rings. The van der Waals surface area contributed by atoms with Gasteiger partial charge in [-0.3, -0.25) is 9.59 Å². The second-order valence-corrected chi connectivity index (χ2v) is 7.88. The second-order valence-electron chi connectivity index (χ2n) is 6.97. The minimum atomic E-state index is -0.556. The first-order valence-electron chi connectivity index (χ1n) is 9.55. The van der Waals surface area contributed by atoms with Gasteiger partial charge in [0.05, 0.1) is 25.5 Å². The monoisotopic (exact) mass is 474 g/mol. The van der Waals surface area contributed by atoms with Crippen molar-refractivity contribution in [2.75, 3.05) is 32.6 Å². The maximum absolute atomic E-state index is 12.8. The summed E-state index contributed by atoms with van der Waals surface area (Å²) in [7, 11) is 2.78. The molecule has 2 amide bonds. The standard InChI is InChI=1S/C22H23BrN2O5/c1-29-17-7-8-19(18(13-17)22(28)30-2)24-20(26)14-9-11-25(12-10-14)21(27)15-3-5-16(23)6-4-15/h3-8,13-14H,9-12H2,1-2H3,(H,24,26). The zero-order chi connectivity index (χ0) is 21.7. The normalized spacial score (nSPS) is 14.2. The molecule has 1 saturated heterocycles. The van der Waals surface area contributed by atoms with Gasteiger partial charge in [-0.15, -0.1) is 0 Å². The molecular weight excluding hydrogens is 452 g/mol. The number of ether oxygens (including phenoxy) is 2. The lowest BCUT2D eigenvalue weighted by atomic mass is 9.95. The zero-order valence-electron chi connectivity index (χ0n) is 16.8. The predicted octanol–water partition coefficient (Wildman–Crippen LogP) is 3.74. The first-order valence-corrected chi connectivity index (χ1v) is 10.3. The number of nitrogens with zero attached hydrogens (tertiary/aromatic N) is 1. The van der Waals surface area contributed by atoms with Gasteiger partial charge in [0.25, 0.3) is 5.91 Å². The van der Waals surface area contributed by atoms with E-state index in [1.165, 1.54) is 20.3 Å². The van der Waals surface area contributed by atoms with Gasteiger partial charge in [-0.05, 0) is 55.3 Å². The Labute approximate surface area is 183 Å². The maximum Gasteiger partial charge on any atom is 0.340 e. The van der Waals surface area contributed by atoms with Crippen LogP contribution in [0, 0.1) is 5.92 Å². The fraction of sp³-hybridized carbons (Fsp3) is 0.318. The summed E-state index contributed by atoms with van der Waals surface area (Å²) in [6.45, 7) is 0.999. The van der Waals surface area contributed by atoms with Crippen LogP contribution in [-0.4, -0.2) is 50.0 Å². The minimum absolute atomic E-state index is 0.0375. The van der Waals surface area contributed by atoms with Crippen molar-refractivity contribution in [3.63, 3.8) is 0 Å². The number of amides is 2. The predicted molar refractivity (Wildman–Crippen MR) is 116 cm³/mol. The molecule has 1 N–H and O–H groups in total. The van der Waals surface area contributed by atoms with Crippen LogP contribution >= 0.6 is 15.9 Å². The lowest BCUT2D eigenvalue weighted by molar-refractivity contribution is -0.121. The van der Waals surface area contributed by atoms with Crippen molar-refractivity contribution in [1.29, 1.82) is 0 Å². The molecule has 0 spiro atoms. The SMILES string of the molecule is COC(=O)c1cc(OC)ccc1NC(=O)C1CCN(C(=O)c2ccc(Br)cc2)CC1. The Bertz CT molecular complexity index is 937. The number of anilines is 1. The van der Waals surface area contributed by atoms with Crippen molar-refractivity contribution in [3.05, 3.63) is 58.1 Å². The van der Waals surface area contributed by atoms with Crippen LogP contribution in [-0.2, 0) is 9.53 Å². The first kappa shape index (κ1) is 21.8. The summed E-state index contributed by atoms with van der Waals surface area (Å²) in [6.07, 6.45) is 1.11. The molecule has 2 aromatic rings. The van der Waals surface area contributed by atoms with Crippen molar-refractivity contribution in [1.82, 2.24) is 4.90 Å². The molecule has 7 nitrogen and oxygen atoms in total. The quantitative estimate of drug-likeness (QED) is 0.667. The Morgan fingerprint density at radius 1 is 1.03 bits per heavy atom. The van der Waals surface area contributed by atoms with Gasteiger partial charge in [-0.25, -0.2) is 4.79 Å². The van der Waals surface area contributed by atoms with E-state index in [9.17, 15) is 14.4 Å². The summed E-state index contributed by atoms with van der Waals surface area (Å²) < 4.78 is 10.9. The Balaban J connectivity index is 1.62. The van der Waals surface area contributed by atoms with Crippen LogP contribution in [0.4, 0.5) is 5.69 Å². The van der Waals surface area contributed by atoms with Gasteiger partial charge in [0.2, 0.25) is 5.91 Å². The Morgan fingerprint density at radius 2 is 1.70 bits per heavy atom. The first-order chi connectivity index (χ1) is 14.4. The van der Waals surface area contributed by atoms with E-state index in [4.69, 9.17) is 9.47 Å². The van der Waals surface area contributed by atoms with Gasteiger partial charge >= 0.3 is 5.97 Å². The van der Waals surface area contributed by atoms with Crippen molar-refractivity contribution < 1.29 is 23.9 Å². The molecule has 1 heterocycles. The summed E-state index contributed by atoms with van der Waals surface area (Å²) in [6, 6.07) is 12.0. The summed E-state index contributed by atoms with van der Waals surface area (Å²) >= 11 is 3.36. The highest BCUT2D eigenvalue weighted by atomic mass is 79.9. The van der Waals surface area contributed by atoms with Crippen LogP contribution in [0.5, 0.6) is 5.75 Å². The molecule has 0 bridgehead atoms. The molecule has 2 aromatic carbocycles. The molecule has 3 rings (SSSR count). The topological polar surface area (TPSA) is 84.9 Å². The molecule has 30 heavy (non-hydrogen) atoms. The van der Waals surface area contributed by atoms with Crippen LogP contribution in [0.25, 0.3) is 0 Å². The lowest BCUT2D eigenvalue weighted by Crippen LogP contribution is -2.41. The van der Waals surface area contributed by atoms with Crippen molar-refractivity contribution in [2.24, 2.45) is 5.92 Å². The van der Waals surface area contributed by atoms with Gasteiger partial charge < -0.3 is 19.7 Å². The van der Waals surface area contributed by atoms with Gasteiger partial charge in [0.1, 0.15) is 5.75 Å². The summed E-state index contributed by atoms with van der Waals surface area (Å²) in [5, 5.41) is 2.82. The average molecular weight is 475 g/mol. The Kier molecular flexibility index (Phi) is 7.10.